The Balaban J connectivity index is 2.11. The highest BCUT2D eigenvalue weighted by atomic mass is 16.4. The molecule has 0 aliphatic carbocycles. The van der Waals surface area contributed by atoms with Crippen LogP contribution in [0.5, 0.6) is 0 Å². The first-order chi connectivity index (χ1) is 11.6. The van der Waals surface area contributed by atoms with E-state index < -0.39 is 5.97 Å². The number of aromatic carboxylic acids is 1. The molecule has 0 fully saturated rings. The summed E-state index contributed by atoms with van der Waals surface area (Å²) in [5, 5.41) is 11.5. The molecule has 4 nitrogen and oxygen atoms in total. The maximum Gasteiger partial charge on any atom is 0.336 e. The van der Waals surface area contributed by atoms with Crippen LogP contribution in [0.2, 0.25) is 0 Å². The van der Waals surface area contributed by atoms with E-state index in [2.05, 4.69) is 4.98 Å². The van der Waals surface area contributed by atoms with Crippen LogP contribution in [-0.4, -0.2) is 21.0 Å². The number of nitrogens with one attached hydrogen (secondary N) is 1. The lowest BCUT2D eigenvalue weighted by Crippen LogP contribution is -2.05. The molecule has 0 unspecified atom stereocenters. The summed E-state index contributed by atoms with van der Waals surface area (Å²) in [4.78, 5) is 19.9. The maximum absolute atomic E-state index is 11.9. The quantitative estimate of drug-likeness (QED) is 0.563. The molecule has 0 aliphatic heterocycles. The lowest BCUT2D eigenvalue weighted by molar-refractivity contribution is 0.0698. The SMILES string of the molecule is Cc1ccc2nc(-c3c[nH]c4ccccc34)c(C)c(C(=O)O)c2c1. The van der Waals surface area contributed by atoms with Gasteiger partial charge in [-0.15, -0.1) is 0 Å². The van der Waals surface area contributed by atoms with Crippen LogP contribution in [0, 0.1) is 13.8 Å². The van der Waals surface area contributed by atoms with Crippen molar-refractivity contribution in [2.75, 3.05) is 0 Å². The van der Waals surface area contributed by atoms with E-state index in [9.17, 15) is 9.90 Å². The van der Waals surface area contributed by atoms with Gasteiger partial charge in [0.2, 0.25) is 0 Å². The molecule has 4 rings (SSSR count). The maximum atomic E-state index is 11.9. The Morgan fingerprint density at radius 1 is 1.08 bits per heavy atom. The van der Waals surface area contributed by atoms with Crippen LogP contribution in [0.1, 0.15) is 21.5 Å². The number of rotatable bonds is 2. The number of nitrogens with zero attached hydrogens (tertiary/aromatic N) is 1. The van der Waals surface area contributed by atoms with E-state index >= 15 is 0 Å². The van der Waals surface area contributed by atoms with Crippen LogP contribution in [0.15, 0.2) is 48.7 Å². The fourth-order valence-corrected chi connectivity index (χ4v) is 3.28. The highest BCUT2D eigenvalue weighted by Crippen LogP contribution is 2.34. The zero-order valence-corrected chi connectivity index (χ0v) is 13.4. The number of benzene rings is 2. The summed E-state index contributed by atoms with van der Waals surface area (Å²) < 4.78 is 0. The highest BCUT2D eigenvalue weighted by molar-refractivity contribution is 6.07. The first-order valence-corrected chi connectivity index (χ1v) is 7.77. The minimum atomic E-state index is -0.924. The Labute approximate surface area is 138 Å². The average Bonchev–Trinajstić information content (AvgIpc) is 2.98. The molecule has 2 N–H and O–H groups in total. The molecule has 2 aromatic carbocycles. The fraction of sp³-hybridized carbons (Fsp3) is 0.100. The summed E-state index contributed by atoms with van der Waals surface area (Å²) in [5.74, 6) is -0.924. The van der Waals surface area contributed by atoms with Crippen molar-refractivity contribution in [3.63, 3.8) is 0 Å². The molecule has 4 heteroatoms. The van der Waals surface area contributed by atoms with Gasteiger partial charge < -0.3 is 10.1 Å². The van der Waals surface area contributed by atoms with Crippen LogP contribution < -0.4 is 0 Å². The van der Waals surface area contributed by atoms with Crippen LogP contribution in [0.3, 0.4) is 0 Å². The zero-order chi connectivity index (χ0) is 16.8. The summed E-state index contributed by atoms with van der Waals surface area (Å²) in [5.41, 5.74) is 5.37. The average molecular weight is 316 g/mol. The molecule has 0 aliphatic rings. The summed E-state index contributed by atoms with van der Waals surface area (Å²) in [6.45, 7) is 3.78. The topological polar surface area (TPSA) is 66.0 Å². The number of aromatic amines is 1. The van der Waals surface area contributed by atoms with Gasteiger partial charge >= 0.3 is 5.97 Å². The Kier molecular flexibility index (Phi) is 3.13. The smallest absolute Gasteiger partial charge is 0.336 e. The molecular formula is C20H16N2O2. The predicted molar refractivity (Wildman–Crippen MR) is 95.5 cm³/mol. The van der Waals surface area contributed by atoms with E-state index in [1.165, 1.54) is 0 Å². The third-order valence-electron chi connectivity index (χ3n) is 4.44. The minimum absolute atomic E-state index is 0.323. The van der Waals surface area contributed by atoms with E-state index in [0.29, 0.717) is 27.7 Å². The second kappa shape index (κ2) is 5.20. The molecule has 2 heterocycles. The van der Waals surface area contributed by atoms with Crippen LogP contribution in [0.4, 0.5) is 0 Å². The number of H-pyrrole nitrogens is 1. The first kappa shape index (κ1) is 14.5. The van der Waals surface area contributed by atoms with E-state index in [1.807, 2.05) is 62.5 Å². The zero-order valence-electron chi connectivity index (χ0n) is 13.4. The lowest BCUT2D eigenvalue weighted by atomic mass is 9.96. The molecule has 0 saturated carbocycles. The van der Waals surface area contributed by atoms with Gasteiger partial charge in [0.15, 0.2) is 0 Å². The van der Waals surface area contributed by atoms with Crippen molar-refractivity contribution < 1.29 is 9.90 Å². The Morgan fingerprint density at radius 3 is 2.67 bits per heavy atom. The second-order valence-electron chi connectivity index (χ2n) is 6.03. The Bertz CT molecular complexity index is 1110. The normalized spacial score (nSPS) is 11.2. The number of pyridine rings is 1. The molecule has 24 heavy (non-hydrogen) atoms. The van der Waals surface area contributed by atoms with Crippen molar-refractivity contribution in [3.05, 3.63) is 65.4 Å². The van der Waals surface area contributed by atoms with Gasteiger partial charge in [-0.05, 0) is 37.6 Å². The Morgan fingerprint density at radius 2 is 1.88 bits per heavy atom. The van der Waals surface area contributed by atoms with E-state index in [0.717, 1.165) is 22.0 Å². The van der Waals surface area contributed by atoms with E-state index in [4.69, 9.17) is 4.98 Å². The van der Waals surface area contributed by atoms with Crippen molar-refractivity contribution in [1.29, 1.82) is 0 Å². The highest BCUT2D eigenvalue weighted by Gasteiger charge is 2.20. The van der Waals surface area contributed by atoms with Crippen LogP contribution >= 0.6 is 0 Å². The standard InChI is InChI=1S/C20H16N2O2/c1-11-7-8-17-14(9-11)18(20(23)24)12(2)19(22-17)15-10-21-16-6-4-3-5-13(15)16/h3-10,21H,1-2H3,(H,23,24). The number of hydrogen-bond donors (Lipinski definition) is 2. The lowest BCUT2D eigenvalue weighted by Gasteiger charge is -2.12. The summed E-state index contributed by atoms with van der Waals surface area (Å²) in [7, 11) is 0. The summed E-state index contributed by atoms with van der Waals surface area (Å²) in [6, 6.07) is 13.7. The van der Waals surface area contributed by atoms with Gasteiger partial charge in [-0.25, -0.2) is 9.78 Å². The summed E-state index contributed by atoms with van der Waals surface area (Å²) >= 11 is 0. The van der Waals surface area contributed by atoms with E-state index in [-0.39, 0.29) is 0 Å². The van der Waals surface area contributed by atoms with Crippen molar-refractivity contribution in [2.45, 2.75) is 13.8 Å². The minimum Gasteiger partial charge on any atom is -0.478 e. The van der Waals surface area contributed by atoms with Crippen molar-refractivity contribution in [1.82, 2.24) is 9.97 Å². The van der Waals surface area contributed by atoms with Gasteiger partial charge in [0.25, 0.3) is 0 Å². The number of fused-ring (bicyclic) bond motifs is 2. The predicted octanol–water partition coefficient (Wildman–Crippen LogP) is 4.70. The third kappa shape index (κ3) is 2.07. The Hall–Kier alpha value is -3.14. The van der Waals surface area contributed by atoms with Gasteiger partial charge in [0, 0.05) is 28.0 Å². The number of carbonyl (C=O) groups is 1. The number of hydrogen-bond acceptors (Lipinski definition) is 2. The fourth-order valence-electron chi connectivity index (χ4n) is 3.28. The van der Waals surface area contributed by atoms with Gasteiger partial charge in [0.05, 0.1) is 16.8 Å². The molecule has 0 atom stereocenters. The molecule has 118 valence electrons. The molecular weight excluding hydrogens is 300 g/mol. The first-order valence-electron chi connectivity index (χ1n) is 7.77. The van der Waals surface area contributed by atoms with Gasteiger partial charge in [-0.1, -0.05) is 29.8 Å². The number of para-hydroxylation sites is 1. The van der Waals surface area contributed by atoms with Crippen LogP contribution in [0.25, 0.3) is 33.1 Å². The summed E-state index contributed by atoms with van der Waals surface area (Å²) in [6.07, 6.45) is 1.89. The van der Waals surface area contributed by atoms with Gasteiger partial charge in [0.1, 0.15) is 0 Å². The van der Waals surface area contributed by atoms with Crippen molar-refractivity contribution >= 4 is 27.8 Å². The third-order valence-corrected chi connectivity index (χ3v) is 4.44. The molecule has 0 radical (unpaired) electrons. The largest absolute Gasteiger partial charge is 0.478 e. The molecule has 0 saturated heterocycles. The molecule has 2 aromatic heterocycles. The number of aryl methyl sites for hydroxylation is 1. The molecule has 0 spiro atoms. The monoisotopic (exact) mass is 316 g/mol. The van der Waals surface area contributed by atoms with E-state index in [1.54, 1.807) is 0 Å². The number of carboxylic acids is 1. The molecule has 0 bridgehead atoms. The van der Waals surface area contributed by atoms with Crippen LogP contribution in [-0.2, 0) is 0 Å². The molecule has 0 amide bonds. The number of aromatic nitrogens is 2. The molecule has 4 aromatic rings. The van der Waals surface area contributed by atoms with Crippen molar-refractivity contribution in [3.8, 4) is 11.3 Å². The van der Waals surface area contributed by atoms with Gasteiger partial charge in [-0.3, -0.25) is 0 Å². The van der Waals surface area contributed by atoms with Gasteiger partial charge in [-0.2, -0.15) is 0 Å². The second-order valence-corrected chi connectivity index (χ2v) is 6.03. The number of carboxylic acid groups (broad SMARTS) is 1. The van der Waals surface area contributed by atoms with Crippen molar-refractivity contribution in [2.24, 2.45) is 0 Å².